The molecule has 98 valence electrons. The van der Waals surface area contributed by atoms with Crippen LogP contribution in [-0.2, 0) is 4.79 Å². The number of thioether (sulfide) groups is 1. The Morgan fingerprint density at radius 1 is 1.44 bits per heavy atom. The van der Waals surface area contributed by atoms with Gasteiger partial charge < -0.3 is 10.6 Å². The minimum absolute atomic E-state index is 0.0685. The van der Waals surface area contributed by atoms with Crippen LogP contribution in [0.25, 0.3) is 0 Å². The lowest BCUT2D eigenvalue weighted by molar-refractivity contribution is -0.117. The molecule has 0 saturated heterocycles. The van der Waals surface area contributed by atoms with Crippen molar-refractivity contribution in [2.24, 2.45) is 5.92 Å². The zero-order chi connectivity index (χ0) is 13.0. The first-order valence-corrected chi connectivity index (χ1v) is 8.09. The SMILES string of the molecule is CSCCNC(=O)c1ccc(NC(=O)C2CC2)s1. The van der Waals surface area contributed by atoms with Crippen LogP contribution in [0.3, 0.4) is 0 Å². The minimum atomic E-state index is -0.0685. The normalized spacial score (nSPS) is 14.3. The maximum atomic E-state index is 11.7. The van der Waals surface area contributed by atoms with Crippen molar-refractivity contribution in [2.45, 2.75) is 12.8 Å². The molecular weight excluding hydrogens is 268 g/mol. The highest BCUT2D eigenvalue weighted by molar-refractivity contribution is 7.98. The van der Waals surface area contributed by atoms with Crippen molar-refractivity contribution in [2.75, 3.05) is 23.9 Å². The third-order valence-electron chi connectivity index (χ3n) is 2.62. The van der Waals surface area contributed by atoms with E-state index in [0.717, 1.165) is 23.6 Å². The Balaban J connectivity index is 1.84. The number of thiophene rings is 1. The van der Waals surface area contributed by atoms with E-state index in [2.05, 4.69) is 10.6 Å². The first-order chi connectivity index (χ1) is 8.70. The van der Waals surface area contributed by atoms with E-state index in [1.165, 1.54) is 11.3 Å². The monoisotopic (exact) mass is 284 g/mol. The summed E-state index contributed by atoms with van der Waals surface area (Å²) in [5.41, 5.74) is 0. The molecule has 2 amide bonds. The van der Waals surface area contributed by atoms with Crippen molar-refractivity contribution in [3.63, 3.8) is 0 Å². The van der Waals surface area contributed by atoms with Crippen molar-refractivity contribution in [1.82, 2.24) is 5.32 Å². The van der Waals surface area contributed by atoms with Crippen LogP contribution < -0.4 is 10.6 Å². The van der Waals surface area contributed by atoms with Crippen LogP contribution in [0.4, 0.5) is 5.00 Å². The van der Waals surface area contributed by atoms with Gasteiger partial charge in [0, 0.05) is 18.2 Å². The predicted molar refractivity (Wildman–Crippen MR) is 76.4 cm³/mol. The molecule has 1 saturated carbocycles. The van der Waals surface area contributed by atoms with Gasteiger partial charge in [-0.05, 0) is 31.2 Å². The molecule has 0 aliphatic heterocycles. The molecule has 0 unspecified atom stereocenters. The zero-order valence-corrected chi connectivity index (χ0v) is 11.8. The average Bonchev–Trinajstić information content (AvgIpc) is 3.10. The molecule has 0 aromatic carbocycles. The standard InChI is InChI=1S/C12H16N2O2S2/c1-17-7-6-13-12(16)9-4-5-10(18-9)14-11(15)8-2-3-8/h4-5,8H,2-3,6-7H2,1H3,(H,13,16)(H,14,15). The van der Waals surface area contributed by atoms with Crippen molar-refractivity contribution >= 4 is 39.9 Å². The highest BCUT2D eigenvalue weighted by atomic mass is 32.2. The Morgan fingerprint density at radius 3 is 2.89 bits per heavy atom. The molecule has 0 radical (unpaired) electrons. The second-order valence-electron chi connectivity index (χ2n) is 4.18. The fraction of sp³-hybridized carbons (Fsp3) is 0.500. The number of rotatable bonds is 6. The van der Waals surface area contributed by atoms with Gasteiger partial charge in [-0.2, -0.15) is 11.8 Å². The van der Waals surface area contributed by atoms with Gasteiger partial charge in [-0.25, -0.2) is 0 Å². The van der Waals surface area contributed by atoms with Gasteiger partial charge in [-0.15, -0.1) is 11.3 Å². The second kappa shape index (κ2) is 6.24. The highest BCUT2D eigenvalue weighted by Gasteiger charge is 2.29. The number of nitrogens with one attached hydrogen (secondary N) is 2. The van der Waals surface area contributed by atoms with Gasteiger partial charge >= 0.3 is 0 Å². The maximum absolute atomic E-state index is 11.7. The molecule has 2 N–H and O–H groups in total. The van der Waals surface area contributed by atoms with Crippen LogP contribution in [0.5, 0.6) is 0 Å². The summed E-state index contributed by atoms with van der Waals surface area (Å²) in [6.07, 6.45) is 3.97. The van der Waals surface area contributed by atoms with Crippen LogP contribution >= 0.6 is 23.1 Å². The number of carbonyl (C=O) groups excluding carboxylic acids is 2. The van der Waals surface area contributed by atoms with Crippen LogP contribution in [0.1, 0.15) is 22.5 Å². The fourth-order valence-electron chi connectivity index (χ4n) is 1.45. The third-order valence-corrected chi connectivity index (χ3v) is 4.23. The Hall–Kier alpha value is -1.01. The third kappa shape index (κ3) is 3.74. The molecule has 0 spiro atoms. The van der Waals surface area contributed by atoms with Gasteiger partial charge in [0.2, 0.25) is 5.91 Å². The van der Waals surface area contributed by atoms with E-state index in [1.54, 1.807) is 23.9 Å². The number of anilines is 1. The van der Waals surface area contributed by atoms with Crippen LogP contribution in [0.2, 0.25) is 0 Å². The van der Waals surface area contributed by atoms with Crippen LogP contribution in [-0.4, -0.2) is 30.4 Å². The molecule has 1 heterocycles. The molecule has 18 heavy (non-hydrogen) atoms. The van der Waals surface area contributed by atoms with Crippen molar-refractivity contribution in [1.29, 1.82) is 0 Å². The van der Waals surface area contributed by atoms with E-state index in [-0.39, 0.29) is 17.7 Å². The van der Waals surface area contributed by atoms with E-state index in [1.807, 2.05) is 6.26 Å². The molecule has 1 fully saturated rings. The summed E-state index contributed by atoms with van der Waals surface area (Å²) in [7, 11) is 0. The van der Waals surface area contributed by atoms with Crippen LogP contribution in [0.15, 0.2) is 12.1 Å². The summed E-state index contributed by atoms with van der Waals surface area (Å²) in [5, 5.41) is 6.43. The van der Waals surface area contributed by atoms with E-state index < -0.39 is 0 Å². The summed E-state index contributed by atoms with van der Waals surface area (Å²) >= 11 is 3.02. The topological polar surface area (TPSA) is 58.2 Å². The second-order valence-corrected chi connectivity index (χ2v) is 6.25. The summed E-state index contributed by atoms with van der Waals surface area (Å²) in [5.74, 6) is 1.10. The summed E-state index contributed by atoms with van der Waals surface area (Å²) in [6, 6.07) is 3.54. The van der Waals surface area contributed by atoms with E-state index in [0.29, 0.717) is 11.4 Å². The number of hydrogen-bond donors (Lipinski definition) is 2. The Kier molecular flexibility index (Phi) is 4.66. The molecule has 1 aliphatic carbocycles. The number of hydrogen-bond acceptors (Lipinski definition) is 4. The lowest BCUT2D eigenvalue weighted by Crippen LogP contribution is -2.24. The molecule has 1 aromatic heterocycles. The van der Waals surface area contributed by atoms with Gasteiger partial charge in [-0.3, -0.25) is 9.59 Å². The molecule has 6 heteroatoms. The lowest BCUT2D eigenvalue weighted by atomic mass is 10.4. The van der Waals surface area contributed by atoms with E-state index >= 15 is 0 Å². The van der Waals surface area contributed by atoms with Crippen molar-refractivity contribution in [3.05, 3.63) is 17.0 Å². The Labute approximate surface area is 115 Å². The van der Waals surface area contributed by atoms with Crippen molar-refractivity contribution in [3.8, 4) is 0 Å². The van der Waals surface area contributed by atoms with Gasteiger partial charge in [0.15, 0.2) is 0 Å². The van der Waals surface area contributed by atoms with Gasteiger partial charge in [0.05, 0.1) is 9.88 Å². The molecule has 4 nitrogen and oxygen atoms in total. The average molecular weight is 284 g/mol. The lowest BCUT2D eigenvalue weighted by Gasteiger charge is -2.01. The highest BCUT2D eigenvalue weighted by Crippen LogP contribution is 2.31. The Bertz CT molecular complexity index is 441. The number of carbonyl (C=O) groups is 2. The predicted octanol–water partition coefficient (Wildman–Crippen LogP) is 2.19. The molecule has 2 rings (SSSR count). The van der Waals surface area contributed by atoms with E-state index in [9.17, 15) is 9.59 Å². The molecule has 1 aromatic rings. The first-order valence-electron chi connectivity index (χ1n) is 5.88. The Morgan fingerprint density at radius 2 is 2.22 bits per heavy atom. The van der Waals surface area contributed by atoms with Gasteiger partial charge in [-0.1, -0.05) is 0 Å². The van der Waals surface area contributed by atoms with Crippen LogP contribution in [0, 0.1) is 5.92 Å². The summed E-state index contributed by atoms with van der Waals surface area (Å²) in [6.45, 7) is 0.668. The minimum Gasteiger partial charge on any atom is -0.351 e. The molecule has 0 atom stereocenters. The quantitative estimate of drug-likeness (QED) is 0.787. The smallest absolute Gasteiger partial charge is 0.261 e. The summed E-state index contributed by atoms with van der Waals surface area (Å²) in [4.78, 5) is 23.9. The van der Waals surface area contributed by atoms with E-state index in [4.69, 9.17) is 0 Å². The van der Waals surface area contributed by atoms with Crippen molar-refractivity contribution < 1.29 is 9.59 Å². The molecule has 1 aliphatic rings. The molecular formula is C12H16N2O2S2. The molecule has 0 bridgehead atoms. The number of amides is 2. The fourth-order valence-corrected chi connectivity index (χ4v) is 2.58. The largest absolute Gasteiger partial charge is 0.351 e. The maximum Gasteiger partial charge on any atom is 0.261 e. The van der Waals surface area contributed by atoms with Gasteiger partial charge in [0.1, 0.15) is 0 Å². The summed E-state index contributed by atoms with van der Waals surface area (Å²) < 4.78 is 0. The first kappa shape index (κ1) is 13.4. The van der Waals surface area contributed by atoms with Gasteiger partial charge in [0.25, 0.3) is 5.91 Å². The zero-order valence-electron chi connectivity index (χ0n) is 10.2.